The molecule has 38 heavy (non-hydrogen) atoms. The minimum atomic E-state index is -1.47. The SMILES string of the molecule is CN/C=C(/Nc1nc(Nc2cc(C)c(C3CCNCC3)cc2OC(C)C)ncc1Cl)C(=N)[S+]([O-])CC(C)C. The molecule has 1 atom stereocenters. The first-order chi connectivity index (χ1) is 18.1. The summed E-state index contributed by atoms with van der Waals surface area (Å²) in [5.74, 6) is 2.43. The summed E-state index contributed by atoms with van der Waals surface area (Å²) in [6.45, 7) is 12.1. The molecule has 0 amide bonds. The van der Waals surface area contributed by atoms with Gasteiger partial charge >= 0.3 is 0 Å². The van der Waals surface area contributed by atoms with Gasteiger partial charge in [-0.1, -0.05) is 25.4 Å². The molecule has 2 aromatic rings. The van der Waals surface area contributed by atoms with Gasteiger partial charge in [0.15, 0.2) is 5.82 Å². The molecule has 1 aliphatic rings. The number of ether oxygens (including phenoxy) is 1. The minimum Gasteiger partial charge on any atom is -0.610 e. The topological polar surface area (TPSA) is 130 Å². The summed E-state index contributed by atoms with van der Waals surface area (Å²) < 4.78 is 18.8. The third-order valence-electron chi connectivity index (χ3n) is 6.00. The van der Waals surface area contributed by atoms with Crippen molar-refractivity contribution in [2.45, 2.75) is 59.5 Å². The summed E-state index contributed by atoms with van der Waals surface area (Å²) in [5.41, 5.74) is 3.58. The third kappa shape index (κ3) is 8.23. The van der Waals surface area contributed by atoms with Gasteiger partial charge in [-0.2, -0.15) is 4.98 Å². The van der Waals surface area contributed by atoms with E-state index in [2.05, 4.69) is 50.3 Å². The van der Waals surface area contributed by atoms with Gasteiger partial charge in [0.25, 0.3) is 5.04 Å². The van der Waals surface area contributed by atoms with Gasteiger partial charge < -0.3 is 30.6 Å². The molecular formula is C27H40ClN7O2S. The van der Waals surface area contributed by atoms with E-state index in [-0.39, 0.29) is 22.1 Å². The lowest BCUT2D eigenvalue weighted by molar-refractivity contribution is 0.243. The molecule has 1 saturated heterocycles. The maximum absolute atomic E-state index is 12.6. The summed E-state index contributed by atoms with van der Waals surface area (Å²) in [6, 6.07) is 4.22. The van der Waals surface area contributed by atoms with Crippen molar-refractivity contribution in [2.24, 2.45) is 5.92 Å². The highest BCUT2D eigenvalue weighted by atomic mass is 35.5. The maximum atomic E-state index is 12.6. The van der Waals surface area contributed by atoms with E-state index < -0.39 is 11.2 Å². The van der Waals surface area contributed by atoms with E-state index >= 15 is 0 Å². The van der Waals surface area contributed by atoms with E-state index in [0.29, 0.717) is 29.1 Å². The molecule has 2 heterocycles. The Morgan fingerprint density at radius 2 is 2.00 bits per heavy atom. The van der Waals surface area contributed by atoms with E-state index in [0.717, 1.165) is 37.4 Å². The van der Waals surface area contributed by atoms with Crippen molar-refractivity contribution in [3.63, 3.8) is 0 Å². The highest BCUT2D eigenvalue weighted by molar-refractivity contribution is 8.06. The minimum absolute atomic E-state index is 0.00514. The number of anilines is 3. The van der Waals surface area contributed by atoms with E-state index in [4.69, 9.17) is 21.7 Å². The molecule has 1 aliphatic heterocycles. The molecule has 3 rings (SSSR count). The van der Waals surface area contributed by atoms with Crippen molar-refractivity contribution in [2.75, 3.05) is 36.5 Å². The second-order valence-corrected chi connectivity index (χ2v) is 12.0. The predicted octanol–water partition coefficient (Wildman–Crippen LogP) is 5.29. The van der Waals surface area contributed by atoms with Crippen LogP contribution in [0.15, 0.2) is 30.2 Å². The summed E-state index contributed by atoms with van der Waals surface area (Å²) in [6.07, 6.45) is 5.26. The predicted molar refractivity (Wildman–Crippen MR) is 158 cm³/mol. The van der Waals surface area contributed by atoms with Crippen molar-refractivity contribution < 1.29 is 9.29 Å². The normalized spacial score (nSPS) is 15.5. The average molecular weight is 562 g/mol. The van der Waals surface area contributed by atoms with Gasteiger partial charge in [-0.15, -0.1) is 0 Å². The third-order valence-corrected chi connectivity index (χ3v) is 7.92. The molecular weight excluding hydrogens is 522 g/mol. The highest BCUT2D eigenvalue weighted by Crippen LogP contribution is 2.37. The molecule has 0 aliphatic carbocycles. The van der Waals surface area contributed by atoms with Gasteiger partial charge in [-0.05, 0) is 81.8 Å². The van der Waals surface area contributed by atoms with Gasteiger partial charge in [0, 0.05) is 24.4 Å². The van der Waals surface area contributed by atoms with E-state index in [1.165, 1.54) is 17.3 Å². The van der Waals surface area contributed by atoms with Crippen molar-refractivity contribution >= 4 is 45.3 Å². The number of hydrogen-bond donors (Lipinski definition) is 5. The van der Waals surface area contributed by atoms with E-state index in [1.54, 1.807) is 13.2 Å². The lowest BCUT2D eigenvalue weighted by Crippen LogP contribution is -2.27. The zero-order valence-corrected chi connectivity index (χ0v) is 24.6. The van der Waals surface area contributed by atoms with Crippen LogP contribution in [0.4, 0.5) is 17.5 Å². The maximum Gasteiger partial charge on any atom is 0.262 e. The number of piperidine rings is 1. The quantitative estimate of drug-likeness (QED) is 0.142. The molecule has 0 spiro atoms. The monoisotopic (exact) mass is 561 g/mol. The van der Waals surface area contributed by atoms with Crippen LogP contribution in [0.1, 0.15) is 57.6 Å². The van der Waals surface area contributed by atoms with Crippen LogP contribution in [0.5, 0.6) is 5.75 Å². The largest absolute Gasteiger partial charge is 0.610 e. The van der Waals surface area contributed by atoms with E-state index in [9.17, 15) is 4.55 Å². The fourth-order valence-corrected chi connectivity index (χ4v) is 5.57. The van der Waals surface area contributed by atoms with Crippen LogP contribution in [0.3, 0.4) is 0 Å². The summed E-state index contributed by atoms with van der Waals surface area (Å²) in [4.78, 5) is 8.92. The van der Waals surface area contributed by atoms with Gasteiger partial charge in [0.05, 0.1) is 18.0 Å². The van der Waals surface area contributed by atoms with Crippen LogP contribution in [0, 0.1) is 18.3 Å². The molecule has 1 fully saturated rings. The fraction of sp³-hybridized carbons (Fsp3) is 0.519. The lowest BCUT2D eigenvalue weighted by Gasteiger charge is -2.26. The first-order valence-electron chi connectivity index (χ1n) is 13.0. The zero-order chi connectivity index (χ0) is 27.8. The average Bonchev–Trinajstić information content (AvgIpc) is 2.86. The van der Waals surface area contributed by atoms with Gasteiger partial charge in [-0.3, -0.25) is 5.41 Å². The van der Waals surface area contributed by atoms with Gasteiger partial charge in [0.1, 0.15) is 22.2 Å². The number of nitrogens with one attached hydrogen (secondary N) is 5. The number of aryl methyl sites for hydroxylation is 1. The highest BCUT2D eigenvalue weighted by Gasteiger charge is 2.24. The number of halogens is 1. The lowest BCUT2D eigenvalue weighted by atomic mass is 9.87. The van der Waals surface area contributed by atoms with Gasteiger partial charge in [-0.25, -0.2) is 4.98 Å². The summed E-state index contributed by atoms with van der Waals surface area (Å²) >= 11 is 4.94. The van der Waals surface area contributed by atoms with E-state index in [1.807, 2.05) is 27.7 Å². The number of rotatable bonds is 11. The molecule has 208 valence electrons. The Hall–Kier alpha value is -2.53. The zero-order valence-electron chi connectivity index (χ0n) is 23.1. The molecule has 9 nitrogen and oxygen atoms in total. The van der Waals surface area contributed by atoms with Crippen LogP contribution in [0.2, 0.25) is 5.02 Å². The number of hydrogen-bond acceptors (Lipinski definition) is 9. The first-order valence-corrected chi connectivity index (χ1v) is 14.7. The van der Waals surface area contributed by atoms with Crippen molar-refractivity contribution in [3.05, 3.63) is 46.4 Å². The van der Waals surface area contributed by atoms with Crippen molar-refractivity contribution in [3.8, 4) is 5.75 Å². The standard InChI is InChI=1S/C27H40ClN7O2S/c1-16(2)15-38(36)25(29)23(14-30-6)33-26-21(28)13-32-27(35-26)34-22-11-18(5)20(12-24(22)37-17(3)4)19-7-9-31-10-8-19/h11-14,16-17,19,29-31H,7-10,15H2,1-6H3,(H2,32,33,34,35)/b23-14+,29-25?. The molecule has 0 radical (unpaired) electrons. The van der Waals surface area contributed by atoms with Crippen molar-refractivity contribution in [1.29, 1.82) is 5.41 Å². The van der Waals surface area contributed by atoms with Crippen LogP contribution < -0.4 is 26.0 Å². The second kappa shape index (κ2) is 14.0. The summed E-state index contributed by atoms with van der Waals surface area (Å²) in [7, 11) is 1.71. The van der Waals surface area contributed by atoms with Gasteiger partial charge in [0.2, 0.25) is 5.95 Å². The molecule has 1 aromatic carbocycles. The fourth-order valence-electron chi connectivity index (χ4n) is 4.30. The molecule has 11 heteroatoms. The first kappa shape index (κ1) is 30.0. The Balaban J connectivity index is 1.89. The molecule has 1 aromatic heterocycles. The molecule has 5 N–H and O–H groups in total. The molecule has 0 saturated carbocycles. The number of nitrogens with zero attached hydrogens (tertiary/aromatic N) is 2. The summed E-state index contributed by atoms with van der Waals surface area (Å²) in [5, 5.41) is 21.3. The Morgan fingerprint density at radius 1 is 1.29 bits per heavy atom. The second-order valence-electron chi connectivity index (χ2n) is 10.1. The van der Waals surface area contributed by atoms with Crippen molar-refractivity contribution in [1.82, 2.24) is 20.6 Å². The Bertz CT molecular complexity index is 1140. The molecule has 0 bridgehead atoms. The van der Waals surface area contributed by atoms with Crippen LogP contribution >= 0.6 is 11.6 Å². The van der Waals surface area contributed by atoms with Crippen LogP contribution in [-0.4, -0.2) is 51.6 Å². The Labute approximate surface area is 234 Å². The van der Waals surface area contributed by atoms with Crippen LogP contribution in [-0.2, 0) is 11.2 Å². The Kier molecular flexibility index (Phi) is 11.1. The number of aromatic nitrogens is 2. The smallest absolute Gasteiger partial charge is 0.262 e. The Morgan fingerprint density at radius 3 is 2.63 bits per heavy atom. The molecule has 1 unspecified atom stereocenters. The number of benzene rings is 1. The van der Waals surface area contributed by atoms with Crippen LogP contribution in [0.25, 0.3) is 0 Å².